The zero-order valence-corrected chi connectivity index (χ0v) is 20.7. The zero-order chi connectivity index (χ0) is 23.8. The van der Waals surface area contributed by atoms with Crippen molar-refractivity contribution < 1.29 is 4.79 Å². The third-order valence-corrected chi connectivity index (χ3v) is 7.07. The highest BCUT2D eigenvalue weighted by Gasteiger charge is 2.29. The third-order valence-electron chi connectivity index (χ3n) is 5.73. The Hall–Kier alpha value is -3.43. The van der Waals surface area contributed by atoms with Crippen LogP contribution in [0.2, 0.25) is 5.02 Å². The monoisotopic (exact) mass is 493 g/mol. The molecule has 0 saturated heterocycles. The summed E-state index contributed by atoms with van der Waals surface area (Å²) in [5.74, 6) is 0.798. The molecule has 8 nitrogen and oxygen atoms in total. The minimum absolute atomic E-state index is 0.208. The molecule has 34 heavy (non-hydrogen) atoms. The molecule has 0 radical (unpaired) electrons. The molecule has 0 unspecified atom stereocenters. The number of para-hydroxylation sites is 1. The van der Waals surface area contributed by atoms with Crippen LogP contribution in [0.5, 0.6) is 0 Å². The topological polar surface area (TPSA) is 88.0 Å². The average Bonchev–Trinajstić information content (AvgIpc) is 3.35. The van der Waals surface area contributed by atoms with Crippen LogP contribution in [0.15, 0.2) is 42.6 Å². The van der Waals surface area contributed by atoms with Crippen molar-refractivity contribution >= 4 is 39.9 Å². The molecular weight excluding hydrogens is 470 g/mol. The Morgan fingerprint density at radius 2 is 2.00 bits per heavy atom. The van der Waals surface area contributed by atoms with Crippen molar-refractivity contribution in [3.05, 3.63) is 58.9 Å². The fourth-order valence-corrected chi connectivity index (χ4v) is 5.30. The number of pyridine rings is 1. The average molecular weight is 494 g/mol. The van der Waals surface area contributed by atoms with E-state index in [1.54, 1.807) is 14.1 Å². The first-order valence-corrected chi connectivity index (χ1v) is 12.1. The summed E-state index contributed by atoms with van der Waals surface area (Å²) in [6.07, 6.45) is 4.43. The molecule has 2 N–H and O–H groups in total. The number of carbonyl (C=O) groups is 1. The SMILES string of the molecule is CNc1ccc(-c2nn(-c3ccccc3Cl)c3c2CCCc2nc(NC(=O)N(C)C)sc2-3)cn1. The minimum Gasteiger partial charge on any atom is -0.373 e. The standard InChI is InChI=1S/C24H24ClN7OS/c1-26-19-12-11-14(13-27-19)20-15-7-6-9-17-22(34-23(28-17)29-24(33)31(2)3)21(15)32(30-20)18-10-5-4-8-16(18)25/h4-5,8,10-13H,6-7,9H2,1-3H3,(H,26,27)(H,28,29,33). The van der Waals surface area contributed by atoms with Gasteiger partial charge in [-0.3, -0.25) is 5.32 Å². The number of thiazole rings is 1. The molecule has 2 amide bonds. The van der Waals surface area contributed by atoms with Crippen LogP contribution in [0.3, 0.4) is 0 Å². The summed E-state index contributed by atoms with van der Waals surface area (Å²) in [7, 11) is 5.26. The van der Waals surface area contributed by atoms with Crippen LogP contribution in [-0.2, 0) is 12.8 Å². The lowest BCUT2D eigenvalue weighted by Gasteiger charge is -2.10. The van der Waals surface area contributed by atoms with Gasteiger partial charge in [-0.2, -0.15) is 5.10 Å². The van der Waals surface area contributed by atoms with Gasteiger partial charge < -0.3 is 10.2 Å². The molecule has 174 valence electrons. The second-order valence-electron chi connectivity index (χ2n) is 8.19. The van der Waals surface area contributed by atoms with Crippen LogP contribution in [0.4, 0.5) is 15.7 Å². The molecule has 1 aliphatic rings. The van der Waals surface area contributed by atoms with Gasteiger partial charge in [0.25, 0.3) is 0 Å². The number of benzene rings is 1. The van der Waals surface area contributed by atoms with Gasteiger partial charge in [-0.25, -0.2) is 19.4 Å². The highest BCUT2D eigenvalue weighted by molar-refractivity contribution is 7.19. The van der Waals surface area contributed by atoms with Crippen molar-refractivity contribution in [1.29, 1.82) is 0 Å². The number of aryl methyl sites for hydroxylation is 1. The molecule has 1 aliphatic carbocycles. The van der Waals surface area contributed by atoms with Gasteiger partial charge in [0.2, 0.25) is 0 Å². The molecule has 0 bridgehead atoms. The highest BCUT2D eigenvalue weighted by Crippen LogP contribution is 2.43. The van der Waals surface area contributed by atoms with Crippen molar-refractivity contribution in [2.75, 3.05) is 31.8 Å². The maximum atomic E-state index is 12.2. The summed E-state index contributed by atoms with van der Waals surface area (Å²) >= 11 is 8.08. The number of aromatic nitrogens is 4. The summed E-state index contributed by atoms with van der Waals surface area (Å²) < 4.78 is 1.92. The van der Waals surface area contributed by atoms with Gasteiger partial charge in [-0.15, -0.1) is 0 Å². The van der Waals surface area contributed by atoms with Crippen LogP contribution in [0.25, 0.3) is 27.5 Å². The summed E-state index contributed by atoms with van der Waals surface area (Å²) in [5.41, 5.74) is 5.68. The molecule has 0 fully saturated rings. The number of anilines is 2. The number of nitrogens with zero attached hydrogens (tertiary/aromatic N) is 5. The number of halogens is 1. The molecule has 0 spiro atoms. The predicted molar refractivity (Wildman–Crippen MR) is 137 cm³/mol. The van der Waals surface area contributed by atoms with Crippen LogP contribution < -0.4 is 10.6 Å². The number of nitrogens with one attached hydrogen (secondary N) is 2. The van der Waals surface area contributed by atoms with Gasteiger partial charge in [0.05, 0.1) is 32.7 Å². The lowest BCUT2D eigenvalue weighted by Crippen LogP contribution is -2.27. The summed E-state index contributed by atoms with van der Waals surface area (Å²) in [6.45, 7) is 0. The molecule has 3 heterocycles. The Morgan fingerprint density at radius 1 is 1.18 bits per heavy atom. The molecule has 10 heteroatoms. The zero-order valence-electron chi connectivity index (χ0n) is 19.1. The molecule has 0 atom stereocenters. The molecule has 3 aromatic heterocycles. The van der Waals surface area contributed by atoms with Crippen molar-refractivity contribution in [1.82, 2.24) is 24.6 Å². The first-order chi connectivity index (χ1) is 16.5. The van der Waals surface area contributed by atoms with E-state index in [1.165, 1.54) is 16.2 Å². The fourth-order valence-electron chi connectivity index (χ4n) is 4.03. The first-order valence-electron chi connectivity index (χ1n) is 11.0. The lowest BCUT2D eigenvalue weighted by atomic mass is 10.0. The van der Waals surface area contributed by atoms with E-state index in [9.17, 15) is 4.79 Å². The number of hydrogen-bond acceptors (Lipinski definition) is 6. The molecule has 4 aromatic rings. The molecule has 1 aromatic carbocycles. The summed E-state index contributed by atoms with van der Waals surface area (Å²) in [5, 5.41) is 12.2. The van der Waals surface area contributed by atoms with Gasteiger partial charge in [0.15, 0.2) is 5.13 Å². The first kappa shape index (κ1) is 22.4. The van der Waals surface area contributed by atoms with E-state index < -0.39 is 0 Å². The van der Waals surface area contributed by atoms with Crippen molar-refractivity contribution in [2.24, 2.45) is 0 Å². The van der Waals surface area contributed by atoms with Gasteiger partial charge in [0.1, 0.15) is 5.82 Å². The molecule has 0 saturated carbocycles. The maximum Gasteiger partial charge on any atom is 0.323 e. The summed E-state index contributed by atoms with van der Waals surface area (Å²) in [4.78, 5) is 24.0. The van der Waals surface area contributed by atoms with Crippen molar-refractivity contribution in [3.8, 4) is 27.5 Å². The van der Waals surface area contributed by atoms with Crippen molar-refractivity contribution in [3.63, 3.8) is 0 Å². The van der Waals surface area contributed by atoms with E-state index >= 15 is 0 Å². The number of amides is 2. The van der Waals surface area contributed by atoms with E-state index in [4.69, 9.17) is 21.7 Å². The normalized spacial score (nSPS) is 12.5. The molecule has 5 rings (SSSR count). The summed E-state index contributed by atoms with van der Waals surface area (Å²) in [6, 6.07) is 11.4. The Bertz CT molecular complexity index is 1360. The van der Waals surface area contributed by atoms with E-state index in [2.05, 4.69) is 15.6 Å². The number of rotatable bonds is 4. The number of fused-ring (bicyclic) bond motifs is 3. The largest absolute Gasteiger partial charge is 0.373 e. The second kappa shape index (κ2) is 9.08. The van der Waals surface area contributed by atoms with E-state index in [1.807, 2.05) is 54.3 Å². The maximum absolute atomic E-state index is 12.2. The number of hydrogen-bond donors (Lipinski definition) is 2. The van der Waals surface area contributed by atoms with Crippen LogP contribution in [-0.4, -0.2) is 51.8 Å². The smallest absolute Gasteiger partial charge is 0.323 e. The second-order valence-corrected chi connectivity index (χ2v) is 9.60. The molecular formula is C24H24ClN7OS. The lowest BCUT2D eigenvalue weighted by molar-refractivity contribution is 0.230. The van der Waals surface area contributed by atoms with Gasteiger partial charge >= 0.3 is 6.03 Å². The Balaban J connectivity index is 1.71. The van der Waals surface area contributed by atoms with E-state index in [0.717, 1.165) is 63.9 Å². The van der Waals surface area contributed by atoms with E-state index in [-0.39, 0.29) is 6.03 Å². The van der Waals surface area contributed by atoms with Gasteiger partial charge in [-0.1, -0.05) is 35.1 Å². The quantitative estimate of drug-likeness (QED) is 0.401. The van der Waals surface area contributed by atoms with Crippen LogP contribution >= 0.6 is 22.9 Å². The Labute approximate surface area is 206 Å². The Kier molecular flexibility index (Phi) is 5.97. The predicted octanol–water partition coefficient (Wildman–Crippen LogP) is 5.34. The van der Waals surface area contributed by atoms with Gasteiger partial charge in [0, 0.05) is 38.5 Å². The Morgan fingerprint density at radius 3 is 2.71 bits per heavy atom. The van der Waals surface area contributed by atoms with Crippen LogP contribution in [0.1, 0.15) is 17.7 Å². The third kappa shape index (κ3) is 4.01. The number of carbonyl (C=O) groups excluding carboxylic acids is 1. The number of urea groups is 1. The van der Waals surface area contributed by atoms with Crippen molar-refractivity contribution in [2.45, 2.75) is 19.3 Å². The van der Waals surface area contributed by atoms with Crippen LogP contribution in [0, 0.1) is 0 Å². The van der Waals surface area contributed by atoms with E-state index in [0.29, 0.717) is 10.2 Å². The highest BCUT2D eigenvalue weighted by atomic mass is 35.5. The molecule has 0 aliphatic heterocycles. The van der Waals surface area contributed by atoms with Gasteiger partial charge in [-0.05, 0) is 43.5 Å². The minimum atomic E-state index is -0.208. The fraction of sp³-hybridized carbons (Fsp3) is 0.250.